The molecule has 2 rings (SSSR count). The van der Waals surface area contributed by atoms with E-state index in [0.29, 0.717) is 29.2 Å². The minimum absolute atomic E-state index is 0.125. The number of hydrogen-bond donors (Lipinski definition) is 1. The van der Waals surface area contributed by atoms with Crippen LogP contribution in [0.5, 0.6) is 5.75 Å². The molecule has 0 aliphatic rings. The Hall–Kier alpha value is -1.95. The standard InChI is InChI=1S/C13H15N3O2S/c1-3-11-12(19-15-14-11)13(18)16(4-2)9-6-5-7-10(17)8-9/h5-8,17H,3-4H2,1-2H3. The van der Waals surface area contributed by atoms with Gasteiger partial charge in [0.25, 0.3) is 5.91 Å². The fraction of sp³-hybridized carbons (Fsp3) is 0.308. The molecule has 1 amide bonds. The Bertz CT molecular complexity index is 583. The highest BCUT2D eigenvalue weighted by Gasteiger charge is 2.22. The van der Waals surface area contributed by atoms with Crippen LogP contribution in [0.25, 0.3) is 0 Å². The summed E-state index contributed by atoms with van der Waals surface area (Å²) in [6.07, 6.45) is 0.676. The minimum atomic E-state index is -0.125. The molecule has 19 heavy (non-hydrogen) atoms. The van der Waals surface area contributed by atoms with Crippen LogP contribution in [0.2, 0.25) is 0 Å². The third-order valence-electron chi connectivity index (χ3n) is 2.79. The van der Waals surface area contributed by atoms with Crippen molar-refractivity contribution in [1.82, 2.24) is 9.59 Å². The molecule has 5 nitrogen and oxygen atoms in total. The molecule has 0 aliphatic carbocycles. The topological polar surface area (TPSA) is 66.3 Å². The van der Waals surface area contributed by atoms with Crippen molar-refractivity contribution in [2.75, 3.05) is 11.4 Å². The van der Waals surface area contributed by atoms with E-state index in [9.17, 15) is 9.90 Å². The van der Waals surface area contributed by atoms with Crippen molar-refractivity contribution < 1.29 is 9.90 Å². The van der Waals surface area contributed by atoms with E-state index >= 15 is 0 Å². The van der Waals surface area contributed by atoms with Gasteiger partial charge in [-0.05, 0) is 37.0 Å². The molecular formula is C13H15N3O2S. The van der Waals surface area contributed by atoms with E-state index in [1.165, 1.54) is 0 Å². The average molecular weight is 277 g/mol. The van der Waals surface area contributed by atoms with Crippen LogP contribution in [0.1, 0.15) is 29.2 Å². The van der Waals surface area contributed by atoms with Crippen molar-refractivity contribution in [1.29, 1.82) is 0 Å². The normalized spacial score (nSPS) is 10.4. The van der Waals surface area contributed by atoms with Crippen LogP contribution >= 0.6 is 11.5 Å². The predicted molar refractivity (Wildman–Crippen MR) is 74.7 cm³/mol. The Morgan fingerprint density at radius 1 is 1.42 bits per heavy atom. The minimum Gasteiger partial charge on any atom is -0.508 e. The smallest absolute Gasteiger partial charge is 0.271 e. The number of rotatable bonds is 4. The molecule has 0 atom stereocenters. The van der Waals surface area contributed by atoms with Gasteiger partial charge in [0.2, 0.25) is 0 Å². The number of benzene rings is 1. The number of phenols is 1. The number of aromatic nitrogens is 2. The highest BCUT2D eigenvalue weighted by Crippen LogP contribution is 2.23. The number of carbonyl (C=O) groups excluding carboxylic acids is 1. The Morgan fingerprint density at radius 3 is 2.84 bits per heavy atom. The van der Waals surface area contributed by atoms with E-state index in [1.807, 2.05) is 13.8 Å². The first-order valence-electron chi connectivity index (χ1n) is 6.09. The van der Waals surface area contributed by atoms with Crippen molar-refractivity contribution in [3.63, 3.8) is 0 Å². The predicted octanol–water partition coefficient (Wildman–Crippen LogP) is 2.47. The summed E-state index contributed by atoms with van der Waals surface area (Å²) >= 11 is 1.11. The second-order valence-corrected chi connectivity index (χ2v) is 4.73. The zero-order valence-corrected chi connectivity index (χ0v) is 11.6. The molecule has 1 heterocycles. The molecule has 1 aromatic carbocycles. The molecule has 0 aliphatic heterocycles. The Balaban J connectivity index is 2.35. The number of amides is 1. The Morgan fingerprint density at radius 2 is 2.21 bits per heavy atom. The number of carbonyl (C=O) groups is 1. The van der Waals surface area contributed by atoms with Crippen molar-refractivity contribution >= 4 is 23.1 Å². The molecule has 0 saturated carbocycles. The summed E-state index contributed by atoms with van der Waals surface area (Å²) in [5.74, 6) is 0.0156. The lowest BCUT2D eigenvalue weighted by atomic mass is 10.2. The second-order valence-electron chi connectivity index (χ2n) is 3.97. The van der Waals surface area contributed by atoms with Crippen LogP contribution in [-0.2, 0) is 6.42 Å². The fourth-order valence-corrected chi connectivity index (χ4v) is 2.53. The molecule has 0 saturated heterocycles. The molecule has 6 heteroatoms. The maximum Gasteiger partial charge on any atom is 0.271 e. The van der Waals surface area contributed by atoms with Gasteiger partial charge in [-0.1, -0.05) is 17.5 Å². The van der Waals surface area contributed by atoms with Crippen molar-refractivity contribution in [3.05, 3.63) is 34.8 Å². The monoisotopic (exact) mass is 277 g/mol. The van der Waals surface area contributed by atoms with E-state index < -0.39 is 0 Å². The van der Waals surface area contributed by atoms with Gasteiger partial charge < -0.3 is 10.0 Å². The van der Waals surface area contributed by atoms with Crippen LogP contribution < -0.4 is 4.90 Å². The molecule has 0 spiro atoms. The molecule has 0 bridgehead atoms. The summed E-state index contributed by atoms with van der Waals surface area (Å²) in [6.45, 7) is 4.35. The van der Waals surface area contributed by atoms with E-state index in [1.54, 1.807) is 29.2 Å². The summed E-state index contributed by atoms with van der Waals surface area (Å²) in [4.78, 5) is 14.7. The zero-order chi connectivity index (χ0) is 13.8. The largest absolute Gasteiger partial charge is 0.508 e. The van der Waals surface area contributed by atoms with Crippen LogP contribution in [0, 0.1) is 0 Å². The summed E-state index contributed by atoms with van der Waals surface area (Å²) in [5.41, 5.74) is 1.39. The van der Waals surface area contributed by atoms with Gasteiger partial charge in [-0.15, -0.1) is 5.10 Å². The Labute approximate surface area is 115 Å². The highest BCUT2D eigenvalue weighted by atomic mass is 32.1. The van der Waals surface area contributed by atoms with Crippen molar-refractivity contribution in [2.45, 2.75) is 20.3 Å². The van der Waals surface area contributed by atoms with Crippen LogP contribution in [-0.4, -0.2) is 27.1 Å². The van der Waals surface area contributed by atoms with Crippen LogP contribution in [0.4, 0.5) is 5.69 Å². The number of hydrogen-bond acceptors (Lipinski definition) is 5. The van der Waals surface area contributed by atoms with Gasteiger partial charge in [0.05, 0.1) is 5.69 Å². The SMILES string of the molecule is CCc1nnsc1C(=O)N(CC)c1cccc(O)c1. The molecule has 0 fully saturated rings. The summed E-state index contributed by atoms with van der Waals surface area (Å²) in [5, 5.41) is 13.5. The Kier molecular flexibility index (Phi) is 4.11. The lowest BCUT2D eigenvalue weighted by molar-refractivity contribution is 0.0991. The second kappa shape index (κ2) is 5.79. The molecule has 2 aromatic rings. The summed E-state index contributed by atoms with van der Waals surface area (Å²) in [6, 6.07) is 6.66. The van der Waals surface area contributed by atoms with Crippen LogP contribution in [0.3, 0.4) is 0 Å². The first-order valence-corrected chi connectivity index (χ1v) is 6.86. The van der Waals surface area contributed by atoms with E-state index in [-0.39, 0.29) is 11.7 Å². The number of nitrogens with zero attached hydrogens (tertiary/aromatic N) is 3. The van der Waals surface area contributed by atoms with Gasteiger partial charge in [-0.3, -0.25) is 4.79 Å². The first kappa shape index (κ1) is 13.5. The quantitative estimate of drug-likeness (QED) is 0.932. The van der Waals surface area contributed by atoms with Gasteiger partial charge in [0.15, 0.2) is 0 Å². The molecule has 0 unspecified atom stereocenters. The van der Waals surface area contributed by atoms with Gasteiger partial charge in [0.1, 0.15) is 10.6 Å². The first-order chi connectivity index (χ1) is 9.17. The maximum absolute atomic E-state index is 12.5. The van der Waals surface area contributed by atoms with Crippen LogP contribution in [0.15, 0.2) is 24.3 Å². The fourth-order valence-electron chi connectivity index (χ4n) is 1.83. The van der Waals surface area contributed by atoms with Crippen molar-refractivity contribution in [2.24, 2.45) is 0 Å². The summed E-state index contributed by atoms with van der Waals surface area (Å²) in [7, 11) is 0. The maximum atomic E-state index is 12.5. The molecule has 1 aromatic heterocycles. The van der Waals surface area contributed by atoms with E-state index in [4.69, 9.17) is 0 Å². The van der Waals surface area contributed by atoms with E-state index in [2.05, 4.69) is 9.59 Å². The lowest BCUT2D eigenvalue weighted by Crippen LogP contribution is -2.30. The van der Waals surface area contributed by atoms with Crippen molar-refractivity contribution in [3.8, 4) is 5.75 Å². The van der Waals surface area contributed by atoms with Gasteiger partial charge in [-0.25, -0.2) is 0 Å². The third kappa shape index (κ3) is 2.73. The van der Waals surface area contributed by atoms with Gasteiger partial charge >= 0.3 is 0 Å². The summed E-state index contributed by atoms with van der Waals surface area (Å²) < 4.78 is 3.84. The molecule has 0 radical (unpaired) electrons. The number of aromatic hydroxyl groups is 1. The third-order valence-corrected chi connectivity index (χ3v) is 3.54. The molecular weight excluding hydrogens is 262 g/mol. The number of phenolic OH excluding ortho intramolecular Hbond substituents is 1. The highest BCUT2D eigenvalue weighted by molar-refractivity contribution is 7.08. The molecule has 1 N–H and O–H groups in total. The average Bonchev–Trinajstić information content (AvgIpc) is 2.87. The number of aryl methyl sites for hydroxylation is 1. The number of anilines is 1. The van der Waals surface area contributed by atoms with Gasteiger partial charge in [0, 0.05) is 18.3 Å². The zero-order valence-electron chi connectivity index (χ0n) is 10.8. The lowest BCUT2D eigenvalue weighted by Gasteiger charge is -2.20. The molecule has 100 valence electrons. The van der Waals surface area contributed by atoms with E-state index in [0.717, 1.165) is 11.5 Å². The van der Waals surface area contributed by atoms with Gasteiger partial charge in [-0.2, -0.15) is 0 Å².